The van der Waals surface area contributed by atoms with Gasteiger partial charge in [0.25, 0.3) is 0 Å². The van der Waals surface area contributed by atoms with Gasteiger partial charge < -0.3 is 20.4 Å². The highest BCUT2D eigenvalue weighted by molar-refractivity contribution is 5.68. The molecule has 0 saturated heterocycles. The van der Waals surface area contributed by atoms with Crippen molar-refractivity contribution in [3.8, 4) is 0 Å². The fourth-order valence-corrected chi connectivity index (χ4v) is 1.61. The smallest absolute Gasteiger partial charge is 0.408 e. The first kappa shape index (κ1) is 15.6. The van der Waals surface area contributed by atoms with Crippen molar-refractivity contribution in [3.63, 3.8) is 0 Å². The summed E-state index contributed by atoms with van der Waals surface area (Å²) in [5.41, 5.74) is 0.352. The van der Waals surface area contributed by atoms with Crippen LogP contribution in [0.4, 0.5) is 4.79 Å². The monoisotopic (exact) mass is 267 g/mol. The number of nitrogens with one attached hydrogen (secondary N) is 3. The molecule has 0 aliphatic heterocycles. The highest BCUT2D eigenvalue weighted by Gasteiger charge is 2.24. The molecule has 0 atom stereocenters. The topological polar surface area (TPSA) is 66.2 Å². The molecule has 1 aromatic rings. The van der Waals surface area contributed by atoms with Gasteiger partial charge in [0.2, 0.25) is 0 Å². The summed E-state index contributed by atoms with van der Waals surface area (Å²) in [6.07, 6.45) is 3.45. The molecule has 1 amide bonds. The predicted molar refractivity (Wildman–Crippen MR) is 75.9 cm³/mol. The lowest BCUT2D eigenvalue weighted by Gasteiger charge is -2.28. The Kier molecular flexibility index (Phi) is 5.00. The third kappa shape index (κ3) is 6.86. The van der Waals surface area contributed by atoms with Crippen LogP contribution in [0.15, 0.2) is 18.5 Å². The Balaban J connectivity index is 2.32. The van der Waals surface area contributed by atoms with E-state index in [4.69, 9.17) is 4.74 Å². The average Bonchev–Trinajstić information content (AvgIpc) is 2.65. The van der Waals surface area contributed by atoms with Crippen LogP contribution < -0.4 is 10.6 Å². The van der Waals surface area contributed by atoms with Gasteiger partial charge in [0, 0.05) is 25.5 Å². The molecule has 19 heavy (non-hydrogen) atoms. The Morgan fingerprint density at radius 2 is 2.00 bits per heavy atom. The molecule has 0 radical (unpaired) electrons. The normalized spacial score (nSPS) is 12.3. The number of rotatable bonds is 5. The highest BCUT2D eigenvalue weighted by atomic mass is 16.6. The Bertz CT molecular complexity index is 391. The standard InChI is InChI=1S/C14H25N3O2/c1-13(2,3)19-12(18)17-14(4,5)10-16-9-11-6-7-15-8-11/h6-8,15-16H,9-10H2,1-5H3,(H,17,18). The van der Waals surface area contributed by atoms with E-state index < -0.39 is 5.60 Å². The maximum Gasteiger partial charge on any atom is 0.408 e. The fourth-order valence-electron chi connectivity index (χ4n) is 1.61. The van der Waals surface area contributed by atoms with Gasteiger partial charge >= 0.3 is 6.09 Å². The van der Waals surface area contributed by atoms with E-state index in [1.165, 1.54) is 5.56 Å². The number of aromatic amines is 1. The lowest BCUT2D eigenvalue weighted by atomic mass is 10.1. The molecule has 0 aromatic carbocycles. The Labute approximate surface area is 115 Å². The summed E-state index contributed by atoms with van der Waals surface area (Å²) < 4.78 is 5.24. The SMILES string of the molecule is CC(C)(CNCc1cc[nH]c1)NC(=O)OC(C)(C)C. The molecule has 1 aromatic heterocycles. The van der Waals surface area contributed by atoms with Crippen molar-refractivity contribution in [2.45, 2.75) is 52.3 Å². The summed E-state index contributed by atoms with van der Waals surface area (Å²) >= 11 is 0. The van der Waals surface area contributed by atoms with Crippen LogP contribution in [0.25, 0.3) is 0 Å². The molecule has 5 heteroatoms. The first-order valence-electron chi connectivity index (χ1n) is 6.51. The lowest BCUT2D eigenvalue weighted by molar-refractivity contribution is 0.0472. The van der Waals surface area contributed by atoms with E-state index in [1.54, 1.807) is 0 Å². The maximum absolute atomic E-state index is 11.7. The van der Waals surface area contributed by atoms with Crippen molar-refractivity contribution < 1.29 is 9.53 Å². The second-order valence-corrected chi connectivity index (χ2v) is 6.33. The van der Waals surface area contributed by atoms with Gasteiger partial charge in [0.05, 0.1) is 5.54 Å². The first-order valence-corrected chi connectivity index (χ1v) is 6.51. The molecule has 1 heterocycles. The summed E-state index contributed by atoms with van der Waals surface area (Å²) in [5.74, 6) is 0. The Hall–Kier alpha value is -1.49. The molecule has 0 aliphatic carbocycles. The quantitative estimate of drug-likeness (QED) is 0.767. The van der Waals surface area contributed by atoms with Crippen molar-refractivity contribution in [3.05, 3.63) is 24.0 Å². The number of hydrogen-bond donors (Lipinski definition) is 3. The Morgan fingerprint density at radius 3 is 2.53 bits per heavy atom. The number of carbonyl (C=O) groups is 1. The number of carbonyl (C=O) groups excluding carboxylic acids is 1. The van der Waals surface area contributed by atoms with E-state index >= 15 is 0 Å². The van der Waals surface area contributed by atoms with Gasteiger partial charge in [0.1, 0.15) is 5.60 Å². The zero-order valence-corrected chi connectivity index (χ0v) is 12.5. The molecule has 108 valence electrons. The number of alkyl carbamates (subject to hydrolysis) is 1. The maximum atomic E-state index is 11.7. The van der Waals surface area contributed by atoms with Crippen LogP contribution in [0.2, 0.25) is 0 Å². The molecule has 5 nitrogen and oxygen atoms in total. The third-order valence-corrected chi connectivity index (χ3v) is 2.40. The molecule has 3 N–H and O–H groups in total. The van der Waals surface area contributed by atoms with Crippen LogP contribution >= 0.6 is 0 Å². The second-order valence-electron chi connectivity index (χ2n) is 6.33. The molecular formula is C14H25N3O2. The molecule has 0 spiro atoms. The van der Waals surface area contributed by atoms with E-state index in [1.807, 2.05) is 53.1 Å². The zero-order chi connectivity index (χ0) is 14.5. The number of aromatic nitrogens is 1. The molecule has 0 saturated carbocycles. The number of ether oxygens (including phenoxy) is 1. The van der Waals surface area contributed by atoms with Gasteiger partial charge in [-0.1, -0.05) is 0 Å². The Morgan fingerprint density at radius 1 is 1.32 bits per heavy atom. The van der Waals surface area contributed by atoms with Crippen LogP contribution in [-0.4, -0.2) is 28.8 Å². The van der Waals surface area contributed by atoms with Crippen molar-refractivity contribution in [1.29, 1.82) is 0 Å². The second kappa shape index (κ2) is 6.10. The molecule has 0 unspecified atom stereocenters. The van der Waals surface area contributed by atoms with Gasteiger partial charge in [0.15, 0.2) is 0 Å². The molecular weight excluding hydrogens is 242 g/mol. The van der Waals surface area contributed by atoms with E-state index in [-0.39, 0.29) is 11.6 Å². The number of amides is 1. The van der Waals surface area contributed by atoms with Crippen molar-refractivity contribution in [2.24, 2.45) is 0 Å². The van der Waals surface area contributed by atoms with Crippen molar-refractivity contribution >= 4 is 6.09 Å². The van der Waals surface area contributed by atoms with Crippen LogP contribution in [0.1, 0.15) is 40.2 Å². The van der Waals surface area contributed by atoms with Gasteiger partial charge in [-0.15, -0.1) is 0 Å². The summed E-state index contributed by atoms with van der Waals surface area (Å²) in [5, 5.41) is 6.17. The van der Waals surface area contributed by atoms with E-state index in [9.17, 15) is 4.79 Å². The summed E-state index contributed by atoms with van der Waals surface area (Å²) in [6.45, 7) is 10.9. The minimum Gasteiger partial charge on any atom is -0.444 e. The fraction of sp³-hybridized carbons (Fsp3) is 0.643. The summed E-state index contributed by atoms with van der Waals surface area (Å²) in [7, 11) is 0. The minimum absolute atomic E-state index is 0.362. The number of hydrogen-bond acceptors (Lipinski definition) is 3. The highest BCUT2D eigenvalue weighted by Crippen LogP contribution is 2.09. The summed E-state index contributed by atoms with van der Waals surface area (Å²) in [6, 6.07) is 2.02. The van der Waals surface area contributed by atoms with Gasteiger partial charge in [-0.3, -0.25) is 0 Å². The van der Waals surface area contributed by atoms with E-state index in [0.29, 0.717) is 6.54 Å². The van der Waals surface area contributed by atoms with E-state index in [2.05, 4.69) is 15.6 Å². The van der Waals surface area contributed by atoms with Crippen LogP contribution in [0.5, 0.6) is 0 Å². The predicted octanol–water partition coefficient (Wildman–Crippen LogP) is 2.41. The minimum atomic E-state index is -0.473. The van der Waals surface area contributed by atoms with Crippen molar-refractivity contribution in [1.82, 2.24) is 15.6 Å². The average molecular weight is 267 g/mol. The van der Waals surface area contributed by atoms with Crippen LogP contribution in [0.3, 0.4) is 0 Å². The number of H-pyrrole nitrogens is 1. The molecule has 0 aliphatic rings. The van der Waals surface area contributed by atoms with Crippen LogP contribution in [-0.2, 0) is 11.3 Å². The molecule has 1 rings (SSSR count). The van der Waals surface area contributed by atoms with Crippen LogP contribution in [0, 0.1) is 0 Å². The van der Waals surface area contributed by atoms with Crippen molar-refractivity contribution in [2.75, 3.05) is 6.54 Å². The summed E-state index contributed by atoms with van der Waals surface area (Å²) in [4.78, 5) is 14.7. The first-order chi connectivity index (χ1) is 8.68. The largest absolute Gasteiger partial charge is 0.444 e. The molecule has 0 bridgehead atoms. The zero-order valence-electron chi connectivity index (χ0n) is 12.5. The van der Waals surface area contributed by atoms with E-state index in [0.717, 1.165) is 6.54 Å². The van der Waals surface area contributed by atoms with Gasteiger partial charge in [-0.2, -0.15) is 0 Å². The molecule has 0 fully saturated rings. The lowest BCUT2D eigenvalue weighted by Crippen LogP contribution is -2.51. The van der Waals surface area contributed by atoms with Gasteiger partial charge in [-0.25, -0.2) is 4.79 Å². The third-order valence-electron chi connectivity index (χ3n) is 2.40. The van der Waals surface area contributed by atoms with Gasteiger partial charge in [-0.05, 0) is 46.2 Å².